The Morgan fingerprint density at radius 3 is 2.45 bits per heavy atom. The number of halogens is 4. The molecule has 4 heterocycles. The van der Waals surface area contributed by atoms with Crippen LogP contribution in [0.4, 0.5) is 13.2 Å². The number of aromatic nitrogens is 7. The minimum Gasteiger partial charge on any atom is -0.305 e. The summed E-state index contributed by atoms with van der Waals surface area (Å²) >= 11 is 7.29. The van der Waals surface area contributed by atoms with Gasteiger partial charge >= 0.3 is 6.18 Å². The summed E-state index contributed by atoms with van der Waals surface area (Å²) in [5.41, 5.74) is -0.852. The lowest BCUT2D eigenvalue weighted by Crippen LogP contribution is -2.23. The van der Waals surface area contributed by atoms with Crippen LogP contribution in [0.15, 0.2) is 63.9 Å². The standard InChI is InChI=1S/C18H11ClF3N7OS/c1-28-15(10-4-6-23-7-5-10)26-27-17(28)31-12-9-25-29(16(30)14(12)19)13-3-2-11(8-24-13)18(20,21)22/h2-9H,1H3. The molecule has 0 aromatic carbocycles. The van der Waals surface area contributed by atoms with Crippen LogP contribution in [0.2, 0.25) is 5.02 Å². The molecule has 0 saturated heterocycles. The fourth-order valence-corrected chi connectivity index (χ4v) is 3.61. The maximum atomic E-state index is 12.7. The van der Waals surface area contributed by atoms with Crippen molar-refractivity contribution in [3.05, 3.63) is 70.0 Å². The van der Waals surface area contributed by atoms with Crippen LogP contribution >= 0.6 is 23.4 Å². The van der Waals surface area contributed by atoms with Crippen molar-refractivity contribution in [2.75, 3.05) is 0 Å². The number of rotatable bonds is 4. The lowest BCUT2D eigenvalue weighted by Gasteiger charge is -2.09. The van der Waals surface area contributed by atoms with Gasteiger partial charge < -0.3 is 4.57 Å². The molecule has 0 aliphatic rings. The van der Waals surface area contributed by atoms with Crippen LogP contribution in [0.1, 0.15) is 5.56 Å². The quantitative estimate of drug-likeness (QED) is 0.454. The zero-order chi connectivity index (χ0) is 22.2. The molecule has 0 aliphatic carbocycles. The maximum absolute atomic E-state index is 12.7. The van der Waals surface area contributed by atoms with Crippen LogP contribution in [-0.2, 0) is 13.2 Å². The highest BCUT2D eigenvalue weighted by Crippen LogP contribution is 2.32. The average molecular weight is 466 g/mol. The first-order valence-corrected chi connectivity index (χ1v) is 9.74. The van der Waals surface area contributed by atoms with E-state index in [0.29, 0.717) is 22.1 Å². The molecule has 4 rings (SSSR count). The topological polar surface area (TPSA) is 91.4 Å². The van der Waals surface area contributed by atoms with Crippen LogP contribution in [0, 0.1) is 0 Å². The van der Waals surface area contributed by atoms with Gasteiger partial charge in [-0.05, 0) is 36.0 Å². The summed E-state index contributed by atoms with van der Waals surface area (Å²) in [6.07, 6.45) is 0.668. The third-order valence-electron chi connectivity index (χ3n) is 4.15. The number of alkyl halides is 3. The van der Waals surface area contributed by atoms with E-state index in [2.05, 4.69) is 25.3 Å². The van der Waals surface area contributed by atoms with Crippen molar-refractivity contribution in [2.24, 2.45) is 7.05 Å². The van der Waals surface area contributed by atoms with E-state index in [1.807, 2.05) is 0 Å². The van der Waals surface area contributed by atoms with E-state index in [1.54, 1.807) is 36.1 Å². The van der Waals surface area contributed by atoms with Crippen molar-refractivity contribution in [3.8, 4) is 17.2 Å². The highest BCUT2D eigenvalue weighted by molar-refractivity contribution is 7.99. The average Bonchev–Trinajstić information content (AvgIpc) is 3.12. The first-order valence-electron chi connectivity index (χ1n) is 8.55. The highest BCUT2D eigenvalue weighted by atomic mass is 35.5. The van der Waals surface area contributed by atoms with Crippen molar-refractivity contribution in [1.29, 1.82) is 0 Å². The number of nitrogens with zero attached hydrogens (tertiary/aromatic N) is 7. The second kappa shape index (κ2) is 8.12. The molecule has 0 fully saturated rings. The van der Waals surface area contributed by atoms with Gasteiger partial charge in [0.25, 0.3) is 5.56 Å². The van der Waals surface area contributed by atoms with Crippen LogP contribution in [-0.4, -0.2) is 34.5 Å². The molecule has 4 aromatic rings. The van der Waals surface area contributed by atoms with Crippen molar-refractivity contribution in [3.63, 3.8) is 0 Å². The SMILES string of the molecule is Cn1c(Sc2cnn(-c3ccc(C(F)(F)F)cn3)c(=O)c2Cl)nnc1-c1ccncc1. The van der Waals surface area contributed by atoms with Gasteiger partial charge in [0.2, 0.25) is 0 Å². The molecule has 0 bridgehead atoms. The van der Waals surface area contributed by atoms with E-state index in [0.717, 1.165) is 34.1 Å². The van der Waals surface area contributed by atoms with Crippen molar-refractivity contribution < 1.29 is 13.2 Å². The Labute approximate surface area is 181 Å². The molecular formula is C18H11ClF3N7OS. The lowest BCUT2D eigenvalue weighted by atomic mass is 10.2. The zero-order valence-electron chi connectivity index (χ0n) is 15.6. The number of hydrogen-bond acceptors (Lipinski definition) is 7. The minimum absolute atomic E-state index is 0.0879. The van der Waals surface area contributed by atoms with Crippen molar-refractivity contribution in [1.82, 2.24) is 34.5 Å². The van der Waals surface area contributed by atoms with Gasteiger partial charge in [-0.3, -0.25) is 9.78 Å². The summed E-state index contributed by atoms with van der Waals surface area (Å²) in [7, 11) is 1.76. The molecule has 31 heavy (non-hydrogen) atoms. The summed E-state index contributed by atoms with van der Waals surface area (Å²) < 4.78 is 40.7. The first kappa shape index (κ1) is 21.0. The van der Waals surface area contributed by atoms with Crippen LogP contribution in [0.3, 0.4) is 0 Å². The normalized spacial score (nSPS) is 11.6. The second-order valence-electron chi connectivity index (χ2n) is 6.15. The maximum Gasteiger partial charge on any atom is 0.417 e. The monoisotopic (exact) mass is 465 g/mol. The van der Waals surface area contributed by atoms with E-state index < -0.39 is 17.3 Å². The molecular weight excluding hydrogens is 455 g/mol. The second-order valence-corrected chi connectivity index (χ2v) is 7.53. The van der Waals surface area contributed by atoms with Gasteiger partial charge in [-0.15, -0.1) is 10.2 Å². The van der Waals surface area contributed by atoms with Crippen molar-refractivity contribution >= 4 is 23.4 Å². The minimum atomic E-state index is -4.53. The van der Waals surface area contributed by atoms with Crippen LogP contribution < -0.4 is 5.56 Å². The summed E-state index contributed by atoms with van der Waals surface area (Å²) in [5.74, 6) is 0.506. The van der Waals surface area contributed by atoms with E-state index in [9.17, 15) is 18.0 Å². The van der Waals surface area contributed by atoms with E-state index in [-0.39, 0.29) is 10.8 Å². The van der Waals surface area contributed by atoms with Crippen LogP contribution in [0.5, 0.6) is 0 Å². The van der Waals surface area contributed by atoms with Crippen LogP contribution in [0.25, 0.3) is 17.2 Å². The molecule has 0 saturated carbocycles. The van der Waals surface area contributed by atoms with Gasteiger partial charge in [0.05, 0.1) is 16.7 Å². The molecule has 0 radical (unpaired) electrons. The molecule has 0 N–H and O–H groups in total. The van der Waals surface area contributed by atoms with Gasteiger partial charge in [-0.1, -0.05) is 11.6 Å². The smallest absolute Gasteiger partial charge is 0.305 e. The predicted molar refractivity (Wildman–Crippen MR) is 106 cm³/mol. The third kappa shape index (κ3) is 4.16. The fraction of sp³-hybridized carbons (Fsp3) is 0.111. The largest absolute Gasteiger partial charge is 0.417 e. The molecule has 0 unspecified atom stereocenters. The van der Waals surface area contributed by atoms with Crippen molar-refractivity contribution in [2.45, 2.75) is 16.2 Å². The Kier molecular flexibility index (Phi) is 5.50. The molecule has 0 amide bonds. The Balaban J connectivity index is 1.63. The Bertz CT molecular complexity index is 1290. The molecule has 0 atom stereocenters. The van der Waals surface area contributed by atoms with E-state index in [4.69, 9.17) is 11.6 Å². The van der Waals surface area contributed by atoms with Gasteiger partial charge in [0.15, 0.2) is 16.8 Å². The fourth-order valence-electron chi connectivity index (χ4n) is 2.59. The summed E-state index contributed by atoms with van der Waals surface area (Å²) in [5, 5.41) is 12.5. The van der Waals surface area contributed by atoms with Gasteiger partial charge in [0, 0.05) is 31.2 Å². The Morgan fingerprint density at radius 1 is 1.06 bits per heavy atom. The summed E-state index contributed by atoms with van der Waals surface area (Å²) in [6, 6.07) is 5.42. The zero-order valence-corrected chi connectivity index (χ0v) is 17.2. The molecule has 0 aliphatic heterocycles. The highest BCUT2D eigenvalue weighted by Gasteiger charge is 2.30. The Morgan fingerprint density at radius 2 is 1.81 bits per heavy atom. The third-order valence-corrected chi connectivity index (χ3v) is 5.70. The van der Waals surface area contributed by atoms with Gasteiger partial charge in [-0.2, -0.15) is 23.0 Å². The molecule has 13 heteroatoms. The number of pyridine rings is 2. The predicted octanol–water partition coefficient (Wildman–Crippen LogP) is 3.64. The number of hydrogen-bond donors (Lipinski definition) is 0. The molecule has 158 valence electrons. The lowest BCUT2D eigenvalue weighted by molar-refractivity contribution is -0.137. The van der Waals surface area contributed by atoms with E-state index in [1.165, 1.54) is 6.20 Å². The Hall–Kier alpha value is -3.25. The summed E-state index contributed by atoms with van der Waals surface area (Å²) in [6.45, 7) is 0. The first-order chi connectivity index (χ1) is 14.8. The molecule has 8 nitrogen and oxygen atoms in total. The summed E-state index contributed by atoms with van der Waals surface area (Å²) in [4.78, 5) is 20.6. The van der Waals surface area contributed by atoms with Gasteiger partial charge in [0.1, 0.15) is 5.02 Å². The van der Waals surface area contributed by atoms with Gasteiger partial charge in [-0.25, -0.2) is 4.98 Å². The molecule has 4 aromatic heterocycles. The van der Waals surface area contributed by atoms with E-state index >= 15 is 0 Å². The molecule has 0 spiro atoms.